The molecule has 25 heavy (non-hydrogen) atoms. The van der Waals surface area contributed by atoms with Gasteiger partial charge in [-0.3, -0.25) is 0 Å². The highest BCUT2D eigenvalue weighted by Crippen LogP contribution is 2.13. The van der Waals surface area contributed by atoms with Gasteiger partial charge in [0.05, 0.1) is 7.11 Å². The summed E-state index contributed by atoms with van der Waals surface area (Å²) in [5.41, 5.74) is 2.15. The van der Waals surface area contributed by atoms with E-state index in [2.05, 4.69) is 28.6 Å². The molecule has 1 aromatic heterocycles. The first-order chi connectivity index (χ1) is 12.3. The summed E-state index contributed by atoms with van der Waals surface area (Å²) in [5, 5.41) is 0. The Labute approximate surface area is 151 Å². The van der Waals surface area contributed by atoms with Crippen LogP contribution in [0.25, 0.3) is 11.0 Å². The van der Waals surface area contributed by atoms with Crippen LogP contribution < -0.4 is 4.57 Å². The zero-order valence-corrected chi connectivity index (χ0v) is 15.9. The number of nitrogens with zero attached hydrogens (tertiary/aromatic N) is 1. The second-order valence-electron chi connectivity index (χ2n) is 6.83. The number of unbranched alkanes of at least 4 members (excludes halogenated alkanes) is 8. The zero-order valence-electron chi connectivity index (χ0n) is 15.9. The highest BCUT2D eigenvalue weighted by molar-refractivity contribution is 5.73. The molecule has 0 saturated carbocycles. The number of para-hydroxylation sites is 2. The van der Waals surface area contributed by atoms with E-state index in [0.717, 1.165) is 29.7 Å². The predicted octanol–water partition coefficient (Wildman–Crippen LogP) is 4.70. The molecule has 0 amide bonds. The molecule has 0 atom stereocenters. The van der Waals surface area contributed by atoms with Crippen LogP contribution in [0.3, 0.4) is 0 Å². The fourth-order valence-corrected chi connectivity index (χ4v) is 3.36. The molecule has 0 unspecified atom stereocenters. The lowest BCUT2D eigenvalue weighted by atomic mass is 10.1. The van der Waals surface area contributed by atoms with Gasteiger partial charge in [0, 0.05) is 6.42 Å². The van der Waals surface area contributed by atoms with E-state index in [-0.39, 0.29) is 12.5 Å². The number of aromatic amines is 1. The number of imidazole rings is 1. The Morgan fingerprint density at radius 2 is 1.64 bits per heavy atom. The maximum atomic E-state index is 11.7. The third kappa shape index (κ3) is 6.18. The monoisotopic (exact) mass is 345 g/mol. The first-order valence-electron chi connectivity index (χ1n) is 9.82. The smallest absolute Gasteiger partial charge is 0.348 e. The molecule has 1 N–H and O–H groups in total. The molecule has 4 nitrogen and oxygen atoms in total. The average Bonchev–Trinajstić information content (AvgIpc) is 2.98. The standard InChI is InChI=1S/C21H32N2O2/c1-3-4-5-6-7-8-9-10-11-16-20-22-18-14-12-13-15-19(18)23(20)17-21(24)25-2/h12-15H,3-11,16-17H2,1-2H3/p+1. The van der Waals surface area contributed by atoms with Crippen LogP contribution in [0.5, 0.6) is 0 Å². The number of nitrogens with one attached hydrogen (secondary N) is 1. The van der Waals surface area contributed by atoms with Crippen molar-refractivity contribution in [3.63, 3.8) is 0 Å². The number of hydrogen-bond acceptors (Lipinski definition) is 2. The second kappa shape index (κ2) is 10.9. The number of esters is 1. The van der Waals surface area contributed by atoms with Gasteiger partial charge in [0.1, 0.15) is 0 Å². The maximum Gasteiger partial charge on any atom is 0.348 e. The van der Waals surface area contributed by atoms with E-state index in [0.29, 0.717) is 0 Å². The van der Waals surface area contributed by atoms with Gasteiger partial charge >= 0.3 is 5.97 Å². The number of ether oxygens (including phenoxy) is 1. The Balaban J connectivity index is 1.82. The van der Waals surface area contributed by atoms with E-state index >= 15 is 0 Å². The highest BCUT2D eigenvalue weighted by Gasteiger charge is 2.20. The maximum absolute atomic E-state index is 11.7. The summed E-state index contributed by atoms with van der Waals surface area (Å²) in [4.78, 5) is 15.2. The Hall–Kier alpha value is -1.84. The number of methoxy groups -OCH3 is 1. The van der Waals surface area contributed by atoms with E-state index in [1.165, 1.54) is 58.5 Å². The van der Waals surface area contributed by atoms with Gasteiger partial charge in [0.25, 0.3) is 5.82 Å². The third-order valence-electron chi connectivity index (χ3n) is 4.83. The minimum Gasteiger partial charge on any atom is -0.466 e. The lowest BCUT2D eigenvalue weighted by Crippen LogP contribution is -2.41. The summed E-state index contributed by atoms with van der Waals surface area (Å²) >= 11 is 0. The van der Waals surface area contributed by atoms with E-state index < -0.39 is 0 Å². The fraction of sp³-hybridized carbons (Fsp3) is 0.619. The highest BCUT2D eigenvalue weighted by atomic mass is 16.5. The van der Waals surface area contributed by atoms with Crippen molar-refractivity contribution in [3.8, 4) is 0 Å². The molecular formula is C21H33N2O2+. The largest absolute Gasteiger partial charge is 0.466 e. The topological polar surface area (TPSA) is 46.0 Å². The van der Waals surface area contributed by atoms with Crippen molar-refractivity contribution >= 4 is 17.0 Å². The van der Waals surface area contributed by atoms with Crippen LogP contribution >= 0.6 is 0 Å². The van der Waals surface area contributed by atoms with Crippen LogP contribution in [-0.4, -0.2) is 18.1 Å². The van der Waals surface area contributed by atoms with E-state index in [1.807, 2.05) is 12.1 Å². The van der Waals surface area contributed by atoms with Gasteiger partial charge in [0.2, 0.25) is 0 Å². The third-order valence-corrected chi connectivity index (χ3v) is 4.83. The van der Waals surface area contributed by atoms with Crippen LogP contribution in [-0.2, 0) is 22.5 Å². The molecule has 0 radical (unpaired) electrons. The average molecular weight is 346 g/mol. The Morgan fingerprint density at radius 3 is 2.32 bits per heavy atom. The number of rotatable bonds is 12. The summed E-state index contributed by atoms with van der Waals surface area (Å²) in [7, 11) is 1.44. The first-order valence-corrected chi connectivity index (χ1v) is 9.82. The van der Waals surface area contributed by atoms with Crippen LogP contribution in [0.2, 0.25) is 0 Å². The quantitative estimate of drug-likeness (QED) is 0.344. The Kier molecular flexibility index (Phi) is 8.50. The van der Waals surface area contributed by atoms with Crippen molar-refractivity contribution in [2.75, 3.05) is 7.11 Å². The molecule has 2 rings (SSSR count). The molecule has 2 aromatic rings. The Bertz CT molecular complexity index is 648. The second-order valence-corrected chi connectivity index (χ2v) is 6.83. The molecule has 0 aliphatic carbocycles. The number of H-pyrrole nitrogens is 1. The van der Waals surface area contributed by atoms with Gasteiger partial charge in [0.15, 0.2) is 17.6 Å². The van der Waals surface area contributed by atoms with Crippen LogP contribution in [0.4, 0.5) is 0 Å². The number of aryl methyl sites for hydroxylation is 1. The van der Waals surface area contributed by atoms with Gasteiger partial charge in [-0.2, -0.15) is 0 Å². The lowest BCUT2D eigenvalue weighted by molar-refractivity contribution is -0.667. The number of carbonyl (C=O) groups excluding carboxylic acids is 1. The number of benzene rings is 1. The number of fused-ring (bicyclic) bond motifs is 1. The lowest BCUT2D eigenvalue weighted by Gasteiger charge is -2.02. The number of hydrogen-bond donors (Lipinski definition) is 1. The molecule has 0 saturated heterocycles. The zero-order chi connectivity index (χ0) is 17.9. The summed E-state index contributed by atoms with van der Waals surface area (Å²) < 4.78 is 6.91. The molecule has 1 heterocycles. The van der Waals surface area contributed by atoms with Crippen molar-refractivity contribution in [2.24, 2.45) is 0 Å². The van der Waals surface area contributed by atoms with Gasteiger partial charge < -0.3 is 4.74 Å². The number of carbonyl (C=O) groups is 1. The fourth-order valence-electron chi connectivity index (χ4n) is 3.36. The van der Waals surface area contributed by atoms with Crippen LogP contribution in [0, 0.1) is 0 Å². The van der Waals surface area contributed by atoms with Crippen LogP contribution in [0.1, 0.15) is 70.5 Å². The molecule has 0 fully saturated rings. The van der Waals surface area contributed by atoms with E-state index in [9.17, 15) is 4.79 Å². The summed E-state index contributed by atoms with van der Waals surface area (Å²) in [6, 6.07) is 8.13. The summed E-state index contributed by atoms with van der Waals surface area (Å²) in [5.74, 6) is 0.914. The number of aromatic nitrogens is 2. The van der Waals surface area contributed by atoms with Gasteiger partial charge in [-0.25, -0.2) is 14.3 Å². The molecule has 0 bridgehead atoms. The predicted molar refractivity (Wildman–Crippen MR) is 101 cm³/mol. The molecule has 1 aromatic carbocycles. The van der Waals surface area contributed by atoms with Crippen molar-refractivity contribution in [2.45, 2.75) is 77.7 Å². The first kappa shape index (κ1) is 19.5. The van der Waals surface area contributed by atoms with Gasteiger partial charge in [-0.1, -0.05) is 70.4 Å². The summed E-state index contributed by atoms with van der Waals surface area (Å²) in [6.07, 6.45) is 12.9. The van der Waals surface area contributed by atoms with E-state index in [1.54, 1.807) is 0 Å². The van der Waals surface area contributed by atoms with Crippen molar-refractivity contribution < 1.29 is 14.1 Å². The van der Waals surface area contributed by atoms with Gasteiger partial charge in [-0.15, -0.1) is 0 Å². The normalized spacial score (nSPS) is 11.1. The Morgan fingerprint density at radius 1 is 1.00 bits per heavy atom. The minimum absolute atomic E-state index is 0.205. The van der Waals surface area contributed by atoms with Gasteiger partial charge in [-0.05, 0) is 18.6 Å². The molecular weight excluding hydrogens is 312 g/mol. The summed E-state index contributed by atoms with van der Waals surface area (Å²) in [6.45, 7) is 2.53. The van der Waals surface area contributed by atoms with Crippen molar-refractivity contribution in [1.82, 2.24) is 4.98 Å². The molecule has 0 aliphatic rings. The molecule has 0 spiro atoms. The van der Waals surface area contributed by atoms with Crippen molar-refractivity contribution in [3.05, 3.63) is 30.1 Å². The van der Waals surface area contributed by atoms with Crippen LogP contribution in [0.15, 0.2) is 24.3 Å². The molecule has 138 valence electrons. The molecule has 4 heteroatoms. The molecule has 0 aliphatic heterocycles. The van der Waals surface area contributed by atoms with E-state index in [4.69, 9.17) is 4.74 Å². The minimum atomic E-state index is -0.205. The SMILES string of the molecule is CCCCCCCCCCCc1[nH]c2ccccc2[n+]1CC(=O)OC. The van der Waals surface area contributed by atoms with Crippen molar-refractivity contribution in [1.29, 1.82) is 0 Å².